The maximum atomic E-state index is 11.0. The van der Waals surface area contributed by atoms with E-state index >= 15 is 0 Å². The summed E-state index contributed by atoms with van der Waals surface area (Å²) in [6, 6.07) is 5.33. The zero-order valence-corrected chi connectivity index (χ0v) is 9.43. The van der Waals surface area contributed by atoms with E-state index in [4.69, 9.17) is 16.2 Å². The van der Waals surface area contributed by atoms with Crippen LogP contribution in [0, 0.1) is 0 Å². The van der Waals surface area contributed by atoms with Gasteiger partial charge in [0.25, 0.3) is 5.91 Å². The molecule has 1 aromatic carbocycles. The zero-order chi connectivity index (χ0) is 12.4. The Hall–Kier alpha value is -1.59. The number of carbonyl (C=O) groups is 1. The lowest BCUT2D eigenvalue weighted by atomic mass is 9.90. The van der Waals surface area contributed by atoms with Crippen molar-refractivity contribution in [1.82, 2.24) is 0 Å². The van der Waals surface area contributed by atoms with Crippen LogP contribution in [0.2, 0.25) is 0 Å². The molecule has 2 rings (SSSR count). The van der Waals surface area contributed by atoms with Crippen molar-refractivity contribution in [3.63, 3.8) is 0 Å². The summed E-state index contributed by atoms with van der Waals surface area (Å²) < 4.78 is 5.53. The Morgan fingerprint density at radius 2 is 2.35 bits per heavy atom. The minimum absolute atomic E-state index is 0.207. The summed E-state index contributed by atoms with van der Waals surface area (Å²) in [5.41, 5.74) is 12.2. The van der Waals surface area contributed by atoms with Gasteiger partial charge >= 0.3 is 0 Å². The van der Waals surface area contributed by atoms with Crippen LogP contribution in [-0.4, -0.2) is 24.2 Å². The van der Waals surface area contributed by atoms with Crippen molar-refractivity contribution in [2.24, 2.45) is 11.5 Å². The first-order valence-electron chi connectivity index (χ1n) is 5.58. The van der Waals surface area contributed by atoms with Crippen molar-refractivity contribution < 1.29 is 14.6 Å². The number of aliphatic hydroxyl groups excluding tert-OH is 1. The fourth-order valence-corrected chi connectivity index (χ4v) is 2.13. The Morgan fingerprint density at radius 3 is 3.00 bits per heavy atom. The number of amides is 1. The number of fused-ring (bicyclic) bond motifs is 1. The van der Waals surface area contributed by atoms with Gasteiger partial charge in [-0.05, 0) is 18.5 Å². The molecule has 0 fully saturated rings. The Labute approximate surface area is 99.4 Å². The standard InChI is InChI=1S/C12H16N2O3/c13-6-7-4-5-17-11-8(7)2-1-3-9(11)10(15)12(14)16/h1-3,7,10,15H,4-6,13H2,(H2,14,16). The quantitative estimate of drug-likeness (QED) is 0.689. The van der Waals surface area contributed by atoms with E-state index in [2.05, 4.69) is 0 Å². The summed E-state index contributed by atoms with van der Waals surface area (Å²) >= 11 is 0. The second kappa shape index (κ2) is 4.73. The van der Waals surface area contributed by atoms with Crippen molar-refractivity contribution in [3.8, 4) is 5.75 Å². The first kappa shape index (κ1) is 11.9. The molecule has 0 saturated carbocycles. The first-order valence-corrected chi connectivity index (χ1v) is 5.58. The number of primary amides is 1. The SMILES string of the molecule is NCC1CCOc2c1cccc2C(O)C(N)=O. The molecule has 1 aliphatic heterocycles. The average Bonchev–Trinajstić information content (AvgIpc) is 2.36. The summed E-state index contributed by atoms with van der Waals surface area (Å²) in [4.78, 5) is 11.0. The minimum atomic E-state index is -1.33. The van der Waals surface area contributed by atoms with Crippen molar-refractivity contribution in [2.45, 2.75) is 18.4 Å². The Morgan fingerprint density at radius 1 is 1.59 bits per heavy atom. The van der Waals surface area contributed by atoms with E-state index in [1.165, 1.54) is 0 Å². The lowest BCUT2D eigenvalue weighted by Crippen LogP contribution is -2.25. The van der Waals surface area contributed by atoms with E-state index in [1.807, 2.05) is 6.07 Å². The first-order chi connectivity index (χ1) is 8.15. The number of rotatable bonds is 3. The third-order valence-electron chi connectivity index (χ3n) is 3.08. The maximum Gasteiger partial charge on any atom is 0.251 e. The predicted molar refractivity (Wildman–Crippen MR) is 62.5 cm³/mol. The van der Waals surface area contributed by atoms with Crippen LogP contribution in [0.1, 0.15) is 29.6 Å². The van der Waals surface area contributed by atoms with E-state index in [1.54, 1.807) is 12.1 Å². The van der Waals surface area contributed by atoms with E-state index in [0.717, 1.165) is 12.0 Å². The van der Waals surface area contributed by atoms with Gasteiger partial charge in [0.15, 0.2) is 6.10 Å². The van der Waals surface area contributed by atoms with Crippen LogP contribution in [-0.2, 0) is 4.79 Å². The van der Waals surface area contributed by atoms with Crippen molar-refractivity contribution in [3.05, 3.63) is 29.3 Å². The highest BCUT2D eigenvalue weighted by Crippen LogP contribution is 2.38. The van der Waals surface area contributed by atoms with Crippen molar-refractivity contribution in [1.29, 1.82) is 0 Å². The van der Waals surface area contributed by atoms with Crippen LogP contribution in [0.3, 0.4) is 0 Å². The minimum Gasteiger partial charge on any atom is -0.493 e. The van der Waals surface area contributed by atoms with Gasteiger partial charge in [0, 0.05) is 11.5 Å². The number of nitrogens with two attached hydrogens (primary N) is 2. The zero-order valence-electron chi connectivity index (χ0n) is 9.43. The van der Waals surface area contributed by atoms with Gasteiger partial charge in [-0.2, -0.15) is 0 Å². The molecule has 0 aromatic heterocycles. The molecule has 17 heavy (non-hydrogen) atoms. The number of benzene rings is 1. The molecule has 2 unspecified atom stereocenters. The molecular formula is C12H16N2O3. The highest BCUT2D eigenvalue weighted by molar-refractivity contribution is 5.81. The third-order valence-corrected chi connectivity index (χ3v) is 3.08. The Balaban J connectivity index is 2.45. The predicted octanol–water partition coefficient (Wildman–Crippen LogP) is 0.0301. The van der Waals surface area contributed by atoms with Crippen molar-refractivity contribution in [2.75, 3.05) is 13.2 Å². The van der Waals surface area contributed by atoms with Crippen LogP contribution < -0.4 is 16.2 Å². The summed E-state index contributed by atoms with van der Waals surface area (Å²) in [5.74, 6) is -0.0175. The molecule has 0 aliphatic carbocycles. The van der Waals surface area contributed by atoms with E-state index in [0.29, 0.717) is 24.5 Å². The third kappa shape index (κ3) is 2.11. The fourth-order valence-electron chi connectivity index (χ4n) is 2.13. The van der Waals surface area contributed by atoms with Gasteiger partial charge in [0.1, 0.15) is 5.75 Å². The average molecular weight is 236 g/mol. The molecule has 92 valence electrons. The second-order valence-corrected chi connectivity index (χ2v) is 4.14. The second-order valence-electron chi connectivity index (χ2n) is 4.14. The summed E-state index contributed by atoms with van der Waals surface area (Å²) in [7, 11) is 0. The number of ether oxygens (including phenoxy) is 1. The molecule has 1 heterocycles. The highest BCUT2D eigenvalue weighted by Gasteiger charge is 2.26. The number of hydrogen-bond acceptors (Lipinski definition) is 4. The summed E-state index contributed by atoms with van der Waals surface area (Å²) in [6.45, 7) is 1.06. The molecule has 5 N–H and O–H groups in total. The maximum absolute atomic E-state index is 11.0. The molecule has 1 amide bonds. The summed E-state index contributed by atoms with van der Waals surface area (Å²) in [5, 5.41) is 9.73. The van der Waals surface area contributed by atoms with Gasteiger partial charge in [-0.15, -0.1) is 0 Å². The largest absolute Gasteiger partial charge is 0.493 e. The molecule has 0 bridgehead atoms. The van der Waals surface area contributed by atoms with Crippen LogP contribution in [0.5, 0.6) is 5.75 Å². The molecule has 1 aliphatic rings. The van der Waals surface area contributed by atoms with Crippen LogP contribution in [0.15, 0.2) is 18.2 Å². The van der Waals surface area contributed by atoms with E-state index < -0.39 is 12.0 Å². The van der Waals surface area contributed by atoms with Crippen LogP contribution in [0.25, 0.3) is 0 Å². The summed E-state index contributed by atoms with van der Waals surface area (Å²) in [6.07, 6.45) is -0.485. The van der Waals surface area contributed by atoms with Crippen LogP contribution in [0.4, 0.5) is 0 Å². The molecule has 1 aromatic rings. The Kier molecular flexibility index (Phi) is 3.31. The van der Waals surface area contributed by atoms with Gasteiger partial charge < -0.3 is 21.3 Å². The molecule has 0 radical (unpaired) electrons. The molecule has 2 atom stereocenters. The van der Waals surface area contributed by atoms with Gasteiger partial charge in [-0.25, -0.2) is 0 Å². The number of hydrogen-bond donors (Lipinski definition) is 3. The van der Waals surface area contributed by atoms with E-state index in [-0.39, 0.29) is 5.92 Å². The molecule has 0 spiro atoms. The Bertz CT molecular complexity index is 434. The molecule has 5 nitrogen and oxygen atoms in total. The smallest absolute Gasteiger partial charge is 0.251 e. The molecule has 0 saturated heterocycles. The monoisotopic (exact) mass is 236 g/mol. The number of carbonyl (C=O) groups excluding carboxylic acids is 1. The number of aliphatic hydroxyl groups is 1. The van der Waals surface area contributed by atoms with Gasteiger partial charge in [0.2, 0.25) is 0 Å². The van der Waals surface area contributed by atoms with Gasteiger partial charge in [-0.1, -0.05) is 18.2 Å². The normalized spacial score (nSPS) is 20.2. The van der Waals surface area contributed by atoms with Crippen LogP contribution >= 0.6 is 0 Å². The van der Waals surface area contributed by atoms with E-state index in [9.17, 15) is 9.90 Å². The van der Waals surface area contributed by atoms with Gasteiger partial charge in [0.05, 0.1) is 6.61 Å². The lowest BCUT2D eigenvalue weighted by molar-refractivity contribution is -0.126. The lowest BCUT2D eigenvalue weighted by Gasteiger charge is -2.27. The topological polar surface area (TPSA) is 98.6 Å². The highest BCUT2D eigenvalue weighted by atomic mass is 16.5. The van der Waals surface area contributed by atoms with Crippen molar-refractivity contribution >= 4 is 5.91 Å². The fraction of sp³-hybridized carbons (Fsp3) is 0.417. The number of para-hydroxylation sites is 1. The molecular weight excluding hydrogens is 220 g/mol. The van der Waals surface area contributed by atoms with Gasteiger partial charge in [-0.3, -0.25) is 4.79 Å². The molecule has 5 heteroatoms.